The molecule has 400 valence electrons. The molecule has 0 saturated heterocycles. The molecule has 0 aromatic carbocycles. The first-order chi connectivity index (χ1) is 34.5. The van der Waals surface area contributed by atoms with E-state index in [1.807, 2.05) is 0 Å². The minimum Gasteiger partial charge on any atom is -0.462 e. The van der Waals surface area contributed by atoms with Gasteiger partial charge in [0.1, 0.15) is 13.2 Å². The predicted octanol–water partition coefficient (Wildman–Crippen LogP) is 19.7. The number of carbonyl (C=O) groups is 3. The Balaban J connectivity index is 4.28. The van der Waals surface area contributed by atoms with Gasteiger partial charge in [0, 0.05) is 19.3 Å². The van der Waals surface area contributed by atoms with Crippen molar-refractivity contribution < 1.29 is 28.6 Å². The Bertz CT molecular complexity index is 1400. The summed E-state index contributed by atoms with van der Waals surface area (Å²) in [6.45, 7) is 6.46. The summed E-state index contributed by atoms with van der Waals surface area (Å²) in [5.41, 5.74) is 0. The van der Waals surface area contributed by atoms with Gasteiger partial charge in [-0.1, -0.05) is 246 Å². The third-order valence-electron chi connectivity index (χ3n) is 12.3. The lowest BCUT2D eigenvalue weighted by Gasteiger charge is -2.18. The van der Waals surface area contributed by atoms with Gasteiger partial charge in [-0.15, -0.1) is 0 Å². The molecule has 0 spiro atoms. The highest BCUT2D eigenvalue weighted by Crippen LogP contribution is 2.15. The number of hydrogen-bond acceptors (Lipinski definition) is 6. The summed E-state index contributed by atoms with van der Waals surface area (Å²) in [5.74, 6) is -0.930. The van der Waals surface area contributed by atoms with Crippen molar-refractivity contribution in [3.8, 4) is 0 Å². The summed E-state index contributed by atoms with van der Waals surface area (Å²) in [4.78, 5) is 38.0. The first-order valence-corrected chi connectivity index (χ1v) is 29.2. The molecule has 0 aromatic rings. The molecule has 70 heavy (non-hydrogen) atoms. The number of hydrogen-bond donors (Lipinski definition) is 0. The Hall–Kier alpha value is -3.67. The predicted molar refractivity (Wildman–Crippen MR) is 302 cm³/mol. The van der Waals surface area contributed by atoms with Crippen LogP contribution in [0.3, 0.4) is 0 Å². The molecule has 0 aromatic heterocycles. The normalized spacial score (nSPS) is 12.8. The largest absolute Gasteiger partial charge is 0.462 e. The van der Waals surface area contributed by atoms with Crippen LogP contribution < -0.4 is 0 Å². The van der Waals surface area contributed by atoms with Gasteiger partial charge in [0.15, 0.2) is 6.10 Å². The van der Waals surface area contributed by atoms with Crippen LogP contribution in [0.15, 0.2) is 97.2 Å². The van der Waals surface area contributed by atoms with E-state index < -0.39 is 6.10 Å². The van der Waals surface area contributed by atoms with Crippen molar-refractivity contribution in [3.05, 3.63) is 97.2 Å². The maximum Gasteiger partial charge on any atom is 0.306 e. The molecule has 0 aliphatic carbocycles. The number of rotatable bonds is 52. The fourth-order valence-corrected chi connectivity index (χ4v) is 7.95. The number of unbranched alkanes of at least 4 members (excludes halogenated alkanes) is 25. The summed E-state index contributed by atoms with van der Waals surface area (Å²) in [6.07, 6.45) is 77.0. The molecule has 1 unspecified atom stereocenters. The Morgan fingerprint density at radius 2 is 0.557 bits per heavy atom. The molecule has 6 nitrogen and oxygen atoms in total. The molecular formula is C64H108O6. The average Bonchev–Trinajstić information content (AvgIpc) is 3.36. The average molecular weight is 974 g/mol. The maximum absolute atomic E-state index is 12.8. The molecular weight excluding hydrogens is 865 g/mol. The van der Waals surface area contributed by atoms with Crippen LogP contribution in [0.1, 0.15) is 271 Å². The summed E-state index contributed by atoms with van der Waals surface area (Å²) in [7, 11) is 0. The Labute approximate surface area is 432 Å². The van der Waals surface area contributed by atoms with Gasteiger partial charge in [-0.25, -0.2) is 0 Å². The van der Waals surface area contributed by atoms with Crippen molar-refractivity contribution in [3.63, 3.8) is 0 Å². The molecule has 0 saturated carbocycles. The molecule has 0 bridgehead atoms. The van der Waals surface area contributed by atoms with Gasteiger partial charge in [-0.3, -0.25) is 14.4 Å². The van der Waals surface area contributed by atoms with Crippen LogP contribution >= 0.6 is 0 Å². The van der Waals surface area contributed by atoms with E-state index in [9.17, 15) is 14.4 Å². The maximum atomic E-state index is 12.8. The number of allylic oxidation sites excluding steroid dienone is 16. The van der Waals surface area contributed by atoms with Gasteiger partial charge < -0.3 is 14.2 Å². The molecule has 6 heteroatoms. The van der Waals surface area contributed by atoms with Crippen LogP contribution in [0.4, 0.5) is 0 Å². The van der Waals surface area contributed by atoms with Crippen LogP contribution in [0.25, 0.3) is 0 Å². The van der Waals surface area contributed by atoms with Gasteiger partial charge in [-0.2, -0.15) is 0 Å². The third-order valence-corrected chi connectivity index (χ3v) is 12.3. The Kier molecular flexibility index (Phi) is 54.9. The van der Waals surface area contributed by atoms with Crippen molar-refractivity contribution in [2.75, 3.05) is 13.2 Å². The highest BCUT2D eigenvalue weighted by molar-refractivity contribution is 5.71. The standard InChI is InChI=1S/C64H108O6/c1-4-7-10-13-16-19-21-23-25-27-29-30-31-32-33-34-36-37-39-41-43-45-48-51-54-57-63(66)69-60-61(59-68-62(65)56-53-50-47-18-15-12-9-6-3)70-64(67)58-55-52-49-46-44-42-40-38-35-28-26-24-22-20-17-14-11-8-5-2/h8,11,17,20-21,23-24,26-27,29,31-32,35,38,42,44,61H,4-7,9-10,12-16,18-19,22,25,28,30,33-34,36-37,39-41,43,45-60H2,1-3H3/b11-8-,20-17-,23-21-,26-24-,29-27-,32-31-,38-35-,44-42-. The molecule has 0 N–H and O–H groups in total. The molecule has 0 fully saturated rings. The van der Waals surface area contributed by atoms with E-state index in [-0.39, 0.29) is 37.5 Å². The van der Waals surface area contributed by atoms with Crippen LogP contribution in [0, 0.1) is 0 Å². The minimum absolute atomic E-state index is 0.0916. The lowest BCUT2D eigenvalue weighted by atomic mass is 10.1. The zero-order valence-corrected chi connectivity index (χ0v) is 45.8. The minimum atomic E-state index is -0.795. The zero-order chi connectivity index (χ0) is 50.7. The van der Waals surface area contributed by atoms with Gasteiger partial charge >= 0.3 is 17.9 Å². The summed E-state index contributed by atoms with van der Waals surface area (Å²) in [5, 5.41) is 0. The number of ether oxygens (including phenoxy) is 3. The summed E-state index contributed by atoms with van der Waals surface area (Å²) in [6, 6.07) is 0. The quantitative estimate of drug-likeness (QED) is 0.0262. The van der Waals surface area contributed by atoms with Gasteiger partial charge in [0.2, 0.25) is 0 Å². The molecule has 0 radical (unpaired) electrons. The Morgan fingerprint density at radius 1 is 0.300 bits per heavy atom. The molecule has 0 rings (SSSR count). The second kappa shape index (κ2) is 57.9. The molecule has 0 heterocycles. The molecule has 0 amide bonds. The second-order valence-electron chi connectivity index (χ2n) is 19.2. The lowest BCUT2D eigenvalue weighted by molar-refractivity contribution is -0.167. The van der Waals surface area contributed by atoms with Crippen molar-refractivity contribution >= 4 is 17.9 Å². The summed E-state index contributed by atoms with van der Waals surface area (Å²) < 4.78 is 16.8. The van der Waals surface area contributed by atoms with E-state index in [2.05, 4.69) is 118 Å². The highest BCUT2D eigenvalue weighted by Gasteiger charge is 2.19. The van der Waals surface area contributed by atoms with Crippen LogP contribution in [0.5, 0.6) is 0 Å². The molecule has 0 aliphatic heterocycles. The van der Waals surface area contributed by atoms with E-state index in [1.54, 1.807) is 0 Å². The van der Waals surface area contributed by atoms with Crippen molar-refractivity contribution in [1.29, 1.82) is 0 Å². The summed E-state index contributed by atoms with van der Waals surface area (Å²) >= 11 is 0. The highest BCUT2D eigenvalue weighted by atomic mass is 16.6. The van der Waals surface area contributed by atoms with Gasteiger partial charge in [0.25, 0.3) is 0 Å². The van der Waals surface area contributed by atoms with E-state index >= 15 is 0 Å². The topological polar surface area (TPSA) is 78.9 Å². The molecule has 1 atom stereocenters. The van der Waals surface area contributed by atoms with Crippen molar-refractivity contribution in [1.82, 2.24) is 0 Å². The fourth-order valence-electron chi connectivity index (χ4n) is 7.95. The monoisotopic (exact) mass is 973 g/mol. The van der Waals surface area contributed by atoms with Crippen LogP contribution in [-0.4, -0.2) is 37.2 Å². The molecule has 0 aliphatic rings. The van der Waals surface area contributed by atoms with Gasteiger partial charge in [-0.05, 0) is 103 Å². The number of carbonyl (C=O) groups excluding carboxylic acids is 3. The fraction of sp³-hybridized carbons (Fsp3) is 0.703. The first kappa shape index (κ1) is 66.3. The van der Waals surface area contributed by atoms with Gasteiger partial charge in [0.05, 0.1) is 0 Å². The third kappa shape index (κ3) is 55.3. The zero-order valence-electron chi connectivity index (χ0n) is 45.8. The van der Waals surface area contributed by atoms with E-state index in [0.717, 1.165) is 109 Å². The number of esters is 3. The lowest BCUT2D eigenvalue weighted by Crippen LogP contribution is -2.30. The van der Waals surface area contributed by atoms with Crippen molar-refractivity contribution in [2.45, 2.75) is 277 Å². The Morgan fingerprint density at radius 3 is 0.886 bits per heavy atom. The van der Waals surface area contributed by atoms with Crippen LogP contribution in [0.2, 0.25) is 0 Å². The van der Waals surface area contributed by atoms with Crippen LogP contribution in [-0.2, 0) is 28.6 Å². The first-order valence-electron chi connectivity index (χ1n) is 29.2. The second-order valence-corrected chi connectivity index (χ2v) is 19.2. The smallest absolute Gasteiger partial charge is 0.306 e. The van der Waals surface area contributed by atoms with E-state index in [1.165, 1.54) is 122 Å². The van der Waals surface area contributed by atoms with E-state index in [0.29, 0.717) is 12.8 Å². The van der Waals surface area contributed by atoms with Crippen molar-refractivity contribution in [2.24, 2.45) is 0 Å². The van der Waals surface area contributed by atoms with E-state index in [4.69, 9.17) is 14.2 Å². The SMILES string of the molecule is CC/C=C\C/C=C\C/C=C\C/C=C\C/C=C\CCCCCC(=O)OC(COC(=O)CCCCCCCCCC)COC(=O)CCCCCCCCCCCC/C=C\C/C=C\C/C=C\CCCCCCC.